The molecule has 0 saturated heterocycles. The van der Waals surface area contributed by atoms with Crippen molar-refractivity contribution in [3.8, 4) is 0 Å². The predicted octanol–water partition coefficient (Wildman–Crippen LogP) is 5.87. The zero-order valence-electron chi connectivity index (χ0n) is 15.9. The molecule has 142 valence electrons. The molecule has 4 aromatic carbocycles. The number of nitrogens with two attached hydrogens (primary N) is 1. The van der Waals surface area contributed by atoms with Gasteiger partial charge < -0.3 is 5.73 Å². The van der Waals surface area contributed by atoms with Crippen molar-refractivity contribution in [2.24, 2.45) is 5.73 Å². The Bertz CT molecular complexity index is 981. The molecule has 0 aliphatic heterocycles. The number of hydrogen-bond acceptors (Lipinski definition) is 2. The first kappa shape index (κ1) is 19.0. The zero-order chi connectivity index (χ0) is 20.1. The van der Waals surface area contributed by atoms with Crippen LogP contribution in [0.3, 0.4) is 0 Å². The number of thioether (sulfide) groups is 1. The minimum absolute atomic E-state index is 0.415. The second-order valence-electron chi connectivity index (χ2n) is 6.77. The fraction of sp³-hybridized carbons (Fsp3) is 0.0385. The maximum Gasteiger partial charge on any atom is 0.248 e. The fourth-order valence-corrected chi connectivity index (χ4v) is 4.95. The van der Waals surface area contributed by atoms with Crippen LogP contribution in [0.1, 0.15) is 27.0 Å². The Labute approximate surface area is 175 Å². The Morgan fingerprint density at radius 3 is 1.31 bits per heavy atom. The van der Waals surface area contributed by atoms with E-state index in [9.17, 15) is 4.79 Å². The molecule has 0 aliphatic carbocycles. The summed E-state index contributed by atoms with van der Waals surface area (Å²) in [7, 11) is 0. The van der Waals surface area contributed by atoms with Crippen LogP contribution < -0.4 is 5.73 Å². The van der Waals surface area contributed by atoms with Gasteiger partial charge in [-0.05, 0) is 41.0 Å². The molecule has 0 aromatic heterocycles. The highest BCUT2D eigenvalue weighted by molar-refractivity contribution is 8.00. The van der Waals surface area contributed by atoms with Crippen LogP contribution in [0, 0.1) is 0 Å². The van der Waals surface area contributed by atoms with E-state index in [0.717, 1.165) is 4.90 Å². The lowest BCUT2D eigenvalue weighted by molar-refractivity contribution is 0.1000. The van der Waals surface area contributed by atoms with Crippen LogP contribution in [0.15, 0.2) is 120 Å². The smallest absolute Gasteiger partial charge is 0.248 e. The molecule has 0 bridgehead atoms. The summed E-state index contributed by atoms with van der Waals surface area (Å²) in [6, 6.07) is 39.1. The third-order valence-corrected chi connectivity index (χ3v) is 6.47. The molecular weight excluding hydrogens is 374 g/mol. The van der Waals surface area contributed by atoms with Crippen molar-refractivity contribution in [1.82, 2.24) is 0 Å². The van der Waals surface area contributed by atoms with E-state index in [-0.39, 0.29) is 0 Å². The molecule has 0 fully saturated rings. The highest BCUT2D eigenvalue weighted by Crippen LogP contribution is 2.51. The Balaban J connectivity index is 1.93. The SMILES string of the molecule is NC(=O)c1ccc(SC(c2ccccc2)(c2ccccc2)c2ccccc2)cc1. The van der Waals surface area contributed by atoms with Crippen molar-refractivity contribution in [3.63, 3.8) is 0 Å². The van der Waals surface area contributed by atoms with E-state index in [0.29, 0.717) is 5.56 Å². The van der Waals surface area contributed by atoms with Crippen LogP contribution in [-0.2, 0) is 4.75 Å². The van der Waals surface area contributed by atoms with Crippen molar-refractivity contribution >= 4 is 17.7 Å². The van der Waals surface area contributed by atoms with Gasteiger partial charge in [0.2, 0.25) is 5.91 Å². The van der Waals surface area contributed by atoms with Gasteiger partial charge in [0.15, 0.2) is 0 Å². The average molecular weight is 396 g/mol. The van der Waals surface area contributed by atoms with Gasteiger partial charge >= 0.3 is 0 Å². The summed E-state index contributed by atoms with van der Waals surface area (Å²) in [5, 5.41) is 0. The number of amides is 1. The van der Waals surface area contributed by atoms with Gasteiger partial charge in [-0.25, -0.2) is 0 Å². The molecular formula is C26H21NOS. The summed E-state index contributed by atoms with van der Waals surface area (Å²) in [6.07, 6.45) is 0. The summed E-state index contributed by atoms with van der Waals surface area (Å²) in [4.78, 5) is 12.5. The predicted molar refractivity (Wildman–Crippen MR) is 120 cm³/mol. The average Bonchev–Trinajstić information content (AvgIpc) is 2.79. The lowest BCUT2D eigenvalue weighted by Gasteiger charge is -2.35. The largest absolute Gasteiger partial charge is 0.366 e. The molecule has 0 radical (unpaired) electrons. The van der Waals surface area contributed by atoms with Gasteiger partial charge in [0.05, 0.1) is 4.75 Å². The topological polar surface area (TPSA) is 43.1 Å². The van der Waals surface area contributed by atoms with Gasteiger partial charge in [-0.2, -0.15) is 0 Å². The molecule has 0 unspecified atom stereocenters. The van der Waals surface area contributed by atoms with Crippen molar-refractivity contribution < 1.29 is 4.79 Å². The normalized spacial score (nSPS) is 11.2. The molecule has 3 heteroatoms. The highest BCUT2D eigenvalue weighted by atomic mass is 32.2. The van der Waals surface area contributed by atoms with E-state index in [1.807, 2.05) is 30.3 Å². The summed E-state index contributed by atoms with van der Waals surface area (Å²) >= 11 is 1.76. The molecule has 2 N–H and O–H groups in total. The first-order chi connectivity index (χ1) is 14.2. The third-order valence-electron chi connectivity index (χ3n) is 4.95. The van der Waals surface area contributed by atoms with Crippen molar-refractivity contribution in [2.75, 3.05) is 0 Å². The summed E-state index contributed by atoms with van der Waals surface area (Å²) < 4.78 is -0.433. The summed E-state index contributed by atoms with van der Waals surface area (Å²) in [6.45, 7) is 0. The number of hydrogen-bond donors (Lipinski definition) is 1. The molecule has 4 rings (SSSR count). The van der Waals surface area contributed by atoms with Gasteiger partial charge in [-0.3, -0.25) is 4.79 Å². The van der Waals surface area contributed by atoms with Crippen LogP contribution in [0.5, 0.6) is 0 Å². The molecule has 0 aliphatic rings. The third kappa shape index (κ3) is 3.82. The van der Waals surface area contributed by atoms with Crippen molar-refractivity contribution in [2.45, 2.75) is 9.64 Å². The standard InChI is InChI=1S/C26H21NOS/c27-25(28)20-16-18-24(19-17-20)29-26(21-10-4-1-5-11-21,22-12-6-2-7-13-22)23-14-8-3-9-15-23/h1-19H,(H2,27,28). The van der Waals surface area contributed by atoms with Gasteiger partial charge in [-0.15, -0.1) is 11.8 Å². The van der Waals surface area contributed by atoms with E-state index in [1.165, 1.54) is 16.7 Å². The van der Waals surface area contributed by atoms with E-state index in [1.54, 1.807) is 23.9 Å². The van der Waals surface area contributed by atoms with E-state index >= 15 is 0 Å². The molecule has 2 nitrogen and oxygen atoms in total. The monoisotopic (exact) mass is 395 g/mol. The van der Waals surface area contributed by atoms with E-state index in [4.69, 9.17) is 5.73 Å². The number of primary amides is 1. The lowest BCUT2D eigenvalue weighted by Crippen LogP contribution is -2.25. The summed E-state index contributed by atoms with van der Waals surface area (Å²) in [5.74, 6) is -0.415. The molecule has 0 atom stereocenters. The first-order valence-electron chi connectivity index (χ1n) is 9.45. The van der Waals surface area contributed by atoms with Gasteiger partial charge in [0, 0.05) is 10.5 Å². The van der Waals surface area contributed by atoms with E-state index < -0.39 is 10.7 Å². The van der Waals surface area contributed by atoms with Crippen LogP contribution in [0.25, 0.3) is 0 Å². The molecule has 4 aromatic rings. The Kier molecular flexibility index (Phi) is 5.50. The highest BCUT2D eigenvalue weighted by Gasteiger charge is 2.37. The van der Waals surface area contributed by atoms with E-state index in [2.05, 4.69) is 72.8 Å². The first-order valence-corrected chi connectivity index (χ1v) is 10.3. The maximum absolute atomic E-state index is 11.5. The second-order valence-corrected chi connectivity index (χ2v) is 8.06. The van der Waals surface area contributed by atoms with Crippen molar-refractivity contribution in [1.29, 1.82) is 0 Å². The molecule has 29 heavy (non-hydrogen) atoms. The van der Waals surface area contributed by atoms with Crippen molar-refractivity contribution in [3.05, 3.63) is 138 Å². The minimum atomic E-state index is -0.433. The Morgan fingerprint density at radius 2 is 0.966 bits per heavy atom. The van der Waals surface area contributed by atoms with Crippen LogP contribution in [-0.4, -0.2) is 5.91 Å². The minimum Gasteiger partial charge on any atom is -0.366 e. The molecule has 0 heterocycles. The zero-order valence-corrected chi connectivity index (χ0v) is 16.7. The second kappa shape index (κ2) is 8.38. The van der Waals surface area contributed by atoms with Crippen LogP contribution >= 0.6 is 11.8 Å². The number of carbonyl (C=O) groups excluding carboxylic acids is 1. The number of rotatable bonds is 6. The van der Waals surface area contributed by atoms with Crippen LogP contribution in [0.4, 0.5) is 0 Å². The number of carbonyl (C=O) groups is 1. The van der Waals surface area contributed by atoms with Gasteiger partial charge in [0.1, 0.15) is 0 Å². The molecule has 0 spiro atoms. The van der Waals surface area contributed by atoms with Gasteiger partial charge in [0.25, 0.3) is 0 Å². The summed E-state index contributed by atoms with van der Waals surface area (Å²) in [5.41, 5.74) is 9.52. The molecule has 1 amide bonds. The maximum atomic E-state index is 11.5. The van der Waals surface area contributed by atoms with Gasteiger partial charge in [-0.1, -0.05) is 91.0 Å². The van der Waals surface area contributed by atoms with Crippen LogP contribution in [0.2, 0.25) is 0 Å². The lowest BCUT2D eigenvalue weighted by atomic mass is 9.84. The fourth-order valence-electron chi connectivity index (χ4n) is 3.56. The molecule has 0 saturated carbocycles. The Morgan fingerprint density at radius 1 is 0.586 bits per heavy atom. The Hall–Kier alpha value is -3.30. The quantitative estimate of drug-likeness (QED) is 0.328. The number of benzene rings is 4.